The van der Waals surface area contributed by atoms with Crippen molar-refractivity contribution in [2.24, 2.45) is 5.92 Å². The second-order valence-electron chi connectivity index (χ2n) is 11.3. The maximum atomic E-state index is 5.67. The first kappa shape index (κ1) is 40.7. The van der Waals surface area contributed by atoms with Gasteiger partial charge in [-0.25, -0.2) is 0 Å². The molecule has 0 aromatic heterocycles. The monoisotopic (exact) mass is 592 g/mol. The Morgan fingerprint density at radius 1 is 0.634 bits per heavy atom. The van der Waals surface area contributed by atoms with Crippen LogP contribution in [0.1, 0.15) is 124 Å². The van der Waals surface area contributed by atoms with Gasteiger partial charge < -0.3 is 37.9 Å². The van der Waals surface area contributed by atoms with Crippen molar-refractivity contribution >= 4 is 0 Å². The van der Waals surface area contributed by atoms with Gasteiger partial charge in [0.2, 0.25) is 0 Å². The SMILES string of the molecule is CCCCCCCCC(CCCOCC1CO1)C(C)(OC)OC.CCCCCCCCC(OC)C(OC)(OC)OC. The van der Waals surface area contributed by atoms with Crippen molar-refractivity contribution in [2.45, 2.75) is 147 Å². The van der Waals surface area contributed by atoms with Gasteiger partial charge in [0.15, 0.2) is 5.79 Å². The number of epoxide rings is 1. The normalized spacial score (nSPS) is 16.8. The van der Waals surface area contributed by atoms with Crippen molar-refractivity contribution in [2.75, 3.05) is 62.5 Å². The first-order valence-corrected chi connectivity index (χ1v) is 16.3. The Kier molecular flexibility index (Phi) is 25.9. The summed E-state index contributed by atoms with van der Waals surface area (Å²) in [7, 11) is 9.87. The van der Waals surface area contributed by atoms with Crippen LogP contribution in [0.4, 0.5) is 0 Å². The quantitative estimate of drug-likeness (QED) is 0.0515. The molecule has 0 spiro atoms. The highest BCUT2D eigenvalue weighted by Crippen LogP contribution is 2.31. The number of ether oxygens (including phenoxy) is 8. The molecule has 3 atom stereocenters. The first-order valence-electron chi connectivity index (χ1n) is 16.3. The van der Waals surface area contributed by atoms with Gasteiger partial charge in [-0.15, -0.1) is 0 Å². The summed E-state index contributed by atoms with van der Waals surface area (Å²) in [4.78, 5) is 0. The molecule has 248 valence electrons. The van der Waals surface area contributed by atoms with E-state index in [-0.39, 0.29) is 6.10 Å². The van der Waals surface area contributed by atoms with Crippen molar-refractivity contribution in [3.05, 3.63) is 0 Å². The molecule has 0 amide bonds. The van der Waals surface area contributed by atoms with Crippen LogP contribution in [0.5, 0.6) is 0 Å². The molecule has 0 radical (unpaired) electrons. The minimum atomic E-state index is -1.09. The molecular weight excluding hydrogens is 524 g/mol. The van der Waals surface area contributed by atoms with Crippen molar-refractivity contribution in [1.82, 2.24) is 0 Å². The Morgan fingerprint density at radius 3 is 1.54 bits per heavy atom. The largest absolute Gasteiger partial charge is 0.379 e. The molecule has 1 aliphatic heterocycles. The van der Waals surface area contributed by atoms with E-state index in [0.717, 1.165) is 51.9 Å². The minimum absolute atomic E-state index is 0.205. The van der Waals surface area contributed by atoms with Gasteiger partial charge >= 0.3 is 5.97 Å². The Morgan fingerprint density at radius 2 is 1.10 bits per heavy atom. The van der Waals surface area contributed by atoms with Crippen LogP contribution in [0.15, 0.2) is 0 Å². The fraction of sp³-hybridized carbons (Fsp3) is 1.00. The van der Waals surface area contributed by atoms with Gasteiger partial charge in [0.1, 0.15) is 12.2 Å². The maximum Gasteiger partial charge on any atom is 0.310 e. The lowest BCUT2D eigenvalue weighted by molar-refractivity contribution is -0.391. The van der Waals surface area contributed by atoms with Crippen LogP contribution in [0, 0.1) is 5.92 Å². The molecule has 1 rings (SSSR count). The van der Waals surface area contributed by atoms with Crippen molar-refractivity contribution in [3.63, 3.8) is 0 Å². The molecule has 0 aromatic rings. The smallest absolute Gasteiger partial charge is 0.310 e. The molecule has 1 fully saturated rings. The number of methoxy groups -OCH3 is 6. The van der Waals surface area contributed by atoms with Crippen LogP contribution < -0.4 is 0 Å². The Balaban J connectivity index is 0.000000807. The molecule has 0 saturated carbocycles. The Hall–Kier alpha value is -0.320. The fourth-order valence-electron chi connectivity index (χ4n) is 5.26. The lowest BCUT2D eigenvalue weighted by Crippen LogP contribution is -2.48. The molecule has 1 saturated heterocycles. The third kappa shape index (κ3) is 18.2. The third-order valence-corrected chi connectivity index (χ3v) is 8.36. The standard InChI is InChI=1S/C19H38O4.C14H30O4/c1-5-6-7-8-9-10-12-17(19(2,20-3)21-4)13-11-14-22-15-18-16-23-18;1-6-7-8-9-10-11-12-13(15-2)14(16-3,17-4)18-5/h17-18H,5-16H2,1-4H3;13H,6-12H2,1-5H3. The zero-order valence-corrected chi connectivity index (χ0v) is 28.4. The second kappa shape index (κ2) is 26.1. The van der Waals surface area contributed by atoms with Crippen LogP contribution in [-0.4, -0.2) is 86.4 Å². The zero-order chi connectivity index (χ0) is 30.8. The van der Waals surface area contributed by atoms with Crippen LogP contribution in [-0.2, 0) is 37.9 Å². The molecule has 0 bridgehead atoms. The van der Waals surface area contributed by atoms with Crippen molar-refractivity contribution in [1.29, 1.82) is 0 Å². The molecular formula is C33H68O8. The van der Waals surface area contributed by atoms with E-state index in [4.69, 9.17) is 37.9 Å². The molecule has 8 heteroatoms. The van der Waals surface area contributed by atoms with E-state index >= 15 is 0 Å². The number of hydrogen-bond acceptors (Lipinski definition) is 8. The summed E-state index contributed by atoms with van der Waals surface area (Å²) in [6, 6.07) is 0. The summed E-state index contributed by atoms with van der Waals surface area (Å²) in [5.41, 5.74) is 0. The van der Waals surface area contributed by atoms with Crippen LogP contribution in [0.2, 0.25) is 0 Å². The van der Waals surface area contributed by atoms with Crippen LogP contribution >= 0.6 is 0 Å². The van der Waals surface area contributed by atoms with E-state index in [1.165, 1.54) is 70.6 Å². The molecule has 8 nitrogen and oxygen atoms in total. The lowest BCUT2D eigenvalue weighted by atomic mass is 9.88. The lowest BCUT2D eigenvalue weighted by Gasteiger charge is -2.35. The number of rotatable bonds is 28. The van der Waals surface area contributed by atoms with Gasteiger partial charge in [-0.1, -0.05) is 90.9 Å². The second-order valence-corrected chi connectivity index (χ2v) is 11.3. The predicted octanol–water partition coefficient (Wildman–Crippen LogP) is 7.90. The first-order chi connectivity index (χ1) is 19.9. The molecule has 3 unspecified atom stereocenters. The van der Waals surface area contributed by atoms with E-state index in [1.807, 2.05) is 0 Å². The maximum absolute atomic E-state index is 5.67. The number of unbranched alkanes of at least 4 members (excludes halogenated alkanes) is 10. The average Bonchev–Trinajstić information content (AvgIpc) is 3.83. The van der Waals surface area contributed by atoms with Gasteiger partial charge in [-0.05, 0) is 32.6 Å². The minimum Gasteiger partial charge on any atom is -0.379 e. The fourth-order valence-corrected chi connectivity index (χ4v) is 5.26. The third-order valence-electron chi connectivity index (χ3n) is 8.36. The Labute approximate surface area is 253 Å². The highest BCUT2D eigenvalue weighted by atomic mass is 16.9. The molecule has 41 heavy (non-hydrogen) atoms. The number of hydrogen-bond donors (Lipinski definition) is 0. The van der Waals surface area contributed by atoms with Gasteiger partial charge in [-0.2, -0.15) is 0 Å². The highest BCUT2D eigenvalue weighted by Gasteiger charge is 2.40. The summed E-state index contributed by atoms with van der Waals surface area (Å²) >= 11 is 0. The topological polar surface area (TPSA) is 77.1 Å². The van der Waals surface area contributed by atoms with Gasteiger partial charge in [0.05, 0.1) is 13.2 Å². The summed E-state index contributed by atoms with van der Waals surface area (Å²) in [6.45, 7) is 8.96. The molecule has 1 heterocycles. The summed E-state index contributed by atoms with van der Waals surface area (Å²) in [6.07, 6.45) is 19.8. The highest BCUT2D eigenvalue weighted by molar-refractivity contribution is 4.76. The van der Waals surface area contributed by atoms with Gasteiger partial charge in [0, 0.05) is 55.2 Å². The Bertz CT molecular complexity index is 541. The van der Waals surface area contributed by atoms with E-state index in [9.17, 15) is 0 Å². The summed E-state index contributed by atoms with van der Waals surface area (Å²) in [5, 5.41) is 0. The van der Waals surface area contributed by atoms with Crippen molar-refractivity contribution in [3.8, 4) is 0 Å². The molecule has 0 aliphatic carbocycles. The zero-order valence-electron chi connectivity index (χ0n) is 28.4. The van der Waals surface area contributed by atoms with Crippen molar-refractivity contribution < 1.29 is 37.9 Å². The van der Waals surface area contributed by atoms with Gasteiger partial charge in [-0.3, -0.25) is 0 Å². The van der Waals surface area contributed by atoms with Gasteiger partial charge in [0.25, 0.3) is 0 Å². The molecule has 0 N–H and O–H groups in total. The summed E-state index contributed by atoms with van der Waals surface area (Å²) < 4.78 is 43.5. The predicted molar refractivity (Wildman–Crippen MR) is 166 cm³/mol. The average molecular weight is 593 g/mol. The van der Waals surface area contributed by atoms with E-state index < -0.39 is 11.8 Å². The van der Waals surface area contributed by atoms with Crippen LogP contribution in [0.3, 0.4) is 0 Å². The van der Waals surface area contributed by atoms with E-state index in [0.29, 0.717) is 12.0 Å². The molecule has 1 aliphatic rings. The molecule has 0 aromatic carbocycles. The van der Waals surface area contributed by atoms with Crippen LogP contribution in [0.25, 0.3) is 0 Å². The summed E-state index contributed by atoms with van der Waals surface area (Å²) in [5.74, 6) is -1.15. The van der Waals surface area contributed by atoms with E-state index in [1.54, 1.807) is 42.7 Å². The van der Waals surface area contributed by atoms with E-state index in [2.05, 4.69) is 20.8 Å².